The highest BCUT2D eigenvalue weighted by molar-refractivity contribution is 5.94. The van der Waals surface area contributed by atoms with Gasteiger partial charge in [-0.25, -0.2) is 0 Å². The Morgan fingerprint density at radius 2 is 1.47 bits per heavy atom. The lowest BCUT2D eigenvalue weighted by Gasteiger charge is -2.35. The lowest BCUT2D eigenvalue weighted by atomic mass is 10.1. The predicted octanol–water partition coefficient (Wildman–Crippen LogP) is 3.96. The fourth-order valence-corrected chi connectivity index (χ4v) is 4.05. The van der Waals surface area contributed by atoms with E-state index in [9.17, 15) is 14.9 Å². The molecule has 4 rings (SSSR count). The molecule has 0 radical (unpaired) electrons. The molecule has 0 bridgehead atoms. The van der Waals surface area contributed by atoms with Crippen LogP contribution in [0.1, 0.15) is 21.7 Å². The van der Waals surface area contributed by atoms with Crippen LogP contribution in [-0.2, 0) is 0 Å². The molecule has 0 spiro atoms. The number of carbonyl (C=O) groups is 1. The quantitative estimate of drug-likeness (QED) is 0.487. The standard InChI is InChI=1S/C23H24N4O3/c1-17-7-8-18(2)26(17)20-11-9-19(10-12-20)23(28)25-15-13-24(14-16-25)21-5-3-4-6-22(21)27(29)30/h3-12H,13-16H2,1-2H3. The molecule has 7 heteroatoms. The highest BCUT2D eigenvalue weighted by Gasteiger charge is 2.26. The Bertz CT molecular complexity index is 1060. The van der Waals surface area contributed by atoms with Crippen molar-refractivity contribution in [2.75, 3.05) is 31.1 Å². The number of piperazine rings is 1. The van der Waals surface area contributed by atoms with Crippen LogP contribution >= 0.6 is 0 Å². The van der Waals surface area contributed by atoms with Crippen molar-refractivity contribution in [3.63, 3.8) is 0 Å². The average molecular weight is 404 g/mol. The zero-order valence-corrected chi connectivity index (χ0v) is 17.1. The minimum atomic E-state index is -0.359. The Labute approximate surface area is 175 Å². The second-order valence-corrected chi connectivity index (χ2v) is 7.52. The molecular weight excluding hydrogens is 380 g/mol. The fraction of sp³-hybridized carbons (Fsp3) is 0.261. The summed E-state index contributed by atoms with van der Waals surface area (Å²) < 4.78 is 2.15. The number of hydrogen-bond donors (Lipinski definition) is 0. The number of aryl methyl sites for hydroxylation is 2. The highest BCUT2D eigenvalue weighted by atomic mass is 16.6. The molecule has 1 aromatic heterocycles. The molecule has 0 aliphatic carbocycles. The number of nitrogens with zero attached hydrogens (tertiary/aromatic N) is 4. The van der Waals surface area contributed by atoms with Crippen LogP contribution in [-0.4, -0.2) is 46.5 Å². The molecule has 1 fully saturated rings. The molecule has 0 unspecified atom stereocenters. The fourth-order valence-electron chi connectivity index (χ4n) is 4.05. The van der Waals surface area contributed by atoms with E-state index in [0.717, 1.165) is 17.1 Å². The number of nitro benzene ring substituents is 1. The number of carbonyl (C=O) groups excluding carboxylic acids is 1. The number of amides is 1. The van der Waals surface area contributed by atoms with Gasteiger partial charge < -0.3 is 14.4 Å². The maximum atomic E-state index is 12.9. The normalized spacial score (nSPS) is 14.1. The second kappa shape index (κ2) is 8.02. The van der Waals surface area contributed by atoms with E-state index < -0.39 is 0 Å². The van der Waals surface area contributed by atoms with E-state index in [1.54, 1.807) is 18.2 Å². The molecule has 2 heterocycles. The van der Waals surface area contributed by atoms with Crippen molar-refractivity contribution in [2.45, 2.75) is 13.8 Å². The van der Waals surface area contributed by atoms with E-state index in [0.29, 0.717) is 37.4 Å². The third-order valence-corrected chi connectivity index (χ3v) is 5.63. The van der Waals surface area contributed by atoms with Crippen LogP contribution in [0.3, 0.4) is 0 Å². The topological polar surface area (TPSA) is 71.6 Å². The van der Waals surface area contributed by atoms with Crippen molar-refractivity contribution in [1.29, 1.82) is 0 Å². The van der Waals surface area contributed by atoms with Gasteiger partial charge in [-0.15, -0.1) is 0 Å². The van der Waals surface area contributed by atoms with Crippen LogP contribution < -0.4 is 4.90 Å². The molecule has 0 saturated carbocycles. The summed E-state index contributed by atoms with van der Waals surface area (Å²) in [4.78, 5) is 27.7. The van der Waals surface area contributed by atoms with Gasteiger partial charge in [0.2, 0.25) is 0 Å². The first-order chi connectivity index (χ1) is 14.5. The van der Waals surface area contributed by atoms with Gasteiger partial charge >= 0.3 is 0 Å². The van der Waals surface area contributed by atoms with Crippen molar-refractivity contribution < 1.29 is 9.72 Å². The Balaban J connectivity index is 1.44. The van der Waals surface area contributed by atoms with Gasteiger partial charge in [-0.3, -0.25) is 14.9 Å². The zero-order chi connectivity index (χ0) is 21.3. The Morgan fingerprint density at radius 1 is 0.867 bits per heavy atom. The minimum Gasteiger partial charge on any atom is -0.362 e. The lowest BCUT2D eigenvalue weighted by Crippen LogP contribution is -2.48. The number of hydrogen-bond acceptors (Lipinski definition) is 4. The van der Waals surface area contributed by atoms with Gasteiger partial charge in [0.1, 0.15) is 5.69 Å². The van der Waals surface area contributed by atoms with Crippen molar-refractivity contribution in [3.05, 3.63) is 87.7 Å². The molecule has 154 valence electrons. The number of anilines is 1. The van der Waals surface area contributed by atoms with Gasteiger partial charge in [0.25, 0.3) is 11.6 Å². The lowest BCUT2D eigenvalue weighted by molar-refractivity contribution is -0.384. The number of benzene rings is 2. The van der Waals surface area contributed by atoms with E-state index in [2.05, 4.69) is 30.5 Å². The molecule has 1 aliphatic heterocycles. The van der Waals surface area contributed by atoms with Crippen molar-refractivity contribution in [3.8, 4) is 5.69 Å². The van der Waals surface area contributed by atoms with Gasteiger partial charge in [-0.05, 0) is 56.3 Å². The predicted molar refractivity (Wildman–Crippen MR) is 116 cm³/mol. The van der Waals surface area contributed by atoms with E-state index in [4.69, 9.17) is 0 Å². The van der Waals surface area contributed by atoms with E-state index in [1.807, 2.05) is 34.1 Å². The zero-order valence-electron chi connectivity index (χ0n) is 17.1. The van der Waals surface area contributed by atoms with Gasteiger partial charge in [0.05, 0.1) is 4.92 Å². The summed E-state index contributed by atoms with van der Waals surface area (Å²) in [6.07, 6.45) is 0. The molecule has 0 atom stereocenters. The molecule has 7 nitrogen and oxygen atoms in total. The molecule has 1 saturated heterocycles. The first-order valence-electron chi connectivity index (χ1n) is 9.99. The SMILES string of the molecule is Cc1ccc(C)n1-c1ccc(C(=O)N2CCN(c3ccccc3[N+](=O)[O-])CC2)cc1. The number of aromatic nitrogens is 1. The summed E-state index contributed by atoms with van der Waals surface area (Å²) in [6.45, 7) is 6.31. The third kappa shape index (κ3) is 3.66. The Morgan fingerprint density at radius 3 is 2.07 bits per heavy atom. The van der Waals surface area contributed by atoms with Crippen molar-refractivity contribution in [2.24, 2.45) is 0 Å². The molecular formula is C23H24N4O3. The number of para-hydroxylation sites is 2. The highest BCUT2D eigenvalue weighted by Crippen LogP contribution is 2.28. The summed E-state index contributed by atoms with van der Waals surface area (Å²) >= 11 is 0. The molecule has 0 N–H and O–H groups in total. The maximum absolute atomic E-state index is 12.9. The van der Waals surface area contributed by atoms with Crippen LogP contribution in [0, 0.1) is 24.0 Å². The summed E-state index contributed by atoms with van der Waals surface area (Å²) in [5.74, 6) is -0.00953. The largest absolute Gasteiger partial charge is 0.362 e. The van der Waals surface area contributed by atoms with Gasteiger partial charge in [-0.1, -0.05) is 12.1 Å². The second-order valence-electron chi connectivity index (χ2n) is 7.52. The van der Waals surface area contributed by atoms with E-state index >= 15 is 0 Å². The van der Waals surface area contributed by atoms with E-state index in [-0.39, 0.29) is 16.5 Å². The molecule has 2 aromatic carbocycles. The van der Waals surface area contributed by atoms with Crippen molar-refractivity contribution in [1.82, 2.24) is 9.47 Å². The monoisotopic (exact) mass is 404 g/mol. The number of nitro groups is 1. The summed E-state index contributed by atoms with van der Waals surface area (Å²) in [6, 6.07) is 18.6. The van der Waals surface area contributed by atoms with Crippen LogP contribution in [0.15, 0.2) is 60.7 Å². The molecule has 1 aliphatic rings. The maximum Gasteiger partial charge on any atom is 0.292 e. The van der Waals surface area contributed by atoms with Crippen LogP contribution in [0.25, 0.3) is 5.69 Å². The summed E-state index contributed by atoms with van der Waals surface area (Å²) in [7, 11) is 0. The van der Waals surface area contributed by atoms with Gasteiger partial charge in [0.15, 0.2) is 0 Å². The van der Waals surface area contributed by atoms with Crippen molar-refractivity contribution >= 4 is 17.3 Å². The molecule has 30 heavy (non-hydrogen) atoms. The Kier molecular flexibility index (Phi) is 5.27. The molecule has 1 amide bonds. The van der Waals surface area contributed by atoms with Crippen LogP contribution in [0.5, 0.6) is 0 Å². The number of rotatable bonds is 4. The first-order valence-corrected chi connectivity index (χ1v) is 9.99. The smallest absolute Gasteiger partial charge is 0.292 e. The van der Waals surface area contributed by atoms with Gasteiger partial charge in [0, 0.05) is 54.9 Å². The van der Waals surface area contributed by atoms with E-state index in [1.165, 1.54) is 6.07 Å². The molecule has 3 aromatic rings. The third-order valence-electron chi connectivity index (χ3n) is 5.63. The summed E-state index contributed by atoms with van der Waals surface area (Å²) in [5.41, 5.74) is 4.70. The van der Waals surface area contributed by atoms with Gasteiger partial charge in [-0.2, -0.15) is 0 Å². The average Bonchev–Trinajstić information content (AvgIpc) is 3.11. The van der Waals surface area contributed by atoms with Crippen LogP contribution in [0.4, 0.5) is 11.4 Å². The first kappa shape index (κ1) is 19.7. The summed E-state index contributed by atoms with van der Waals surface area (Å²) in [5, 5.41) is 11.3. The minimum absolute atomic E-state index is 0.00953. The van der Waals surface area contributed by atoms with Crippen LogP contribution in [0.2, 0.25) is 0 Å². The Hall–Kier alpha value is -3.61.